The quantitative estimate of drug-likeness (QED) is 0.881. The molecule has 0 saturated heterocycles. The molecule has 3 heteroatoms. The number of thiophene rings is 1. The largest absolute Gasteiger partial charge is 0.497 e. The van der Waals surface area contributed by atoms with E-state index in [1.165, 1.54) is 4.88 Å². The molecule has 0 fully saturated rings. The monoisotopic (exact) mass is 234 g/mol. The average Bonchev–Trinajstić information content (AvgIpc) is 2.82. The molecule has 16 heavy (non-hydrogen) atoms. The van der Waals surface area contributed by atoms with Crippen LogP contribution in [0.5, 0.6) is 5.75 Å². The van der Waals surface area contributed by atoms with Crippen molar-refractivity contribution in [2.75, 3.05) is 7.11 Å². The van der Waals surface area contributed by atoms with Gasteiger partial charge in [0, 0.05) is 11.3 Å². The molecular formula is C13H14O2S. The molecule has 0 spiro atoms. The van der Waals surface area contributed by atoms with Crippen molar-refractivity contribution < 1.29 is 9.84 Å². The molecule has 2 rings (SSSR count). The summed E-state index contributed by atoms with van der Waals surface area (Å²) >= 11 is 1.66. The fourth-order valence-corrected chi connectivity index (χ4v) is 2.33. The SMILES string of the molecule is COc1cccc(C(O)Cc2cccs2)c1. The Hall–Kier alpha value is -1.32. The Balaban J connectivity index is 2.11. The molecule has 1 atom stereocenters. The molecule has 1 unspecified atom stereocenters. The van der Waals surface area contributed by atoms with Gasteiger partial charge < -0.3 is 9.84 Å². The Morgan fingerprint density at radius 2 is 2.19 bits per heavy atom. The van der Waals surface area contributed by atoms with Crippen molar-refractivity contribution in [3.05, 3.63) is 52.2 Å². The summed E-state index contributed by atoms with van der Waals surface area (Å²) in [6.07, 6.45) is 0.193. The highest BCUT2D eigenvalue weighted by atomic mass is 32.1. The van der Waals surface area contributed by atoms with E-state index in [0.29, 0.717) is 6.42 Å². The highest BCUT2D eigenvalue weighted by molar-refractivity contribution is 7.09. The predicted octanol–water partition coefficient (Wildman–Crippen LogP) is 3.03. The lowest BCUT2D eigenvalue weighted by atomic mass is 10.1. The molecule has 1 aromatic carbocycles. The summed E-state index contributed by atoms with van der Waals surface area (Å²) in [6, 6.07) is 11.6. The Kier molecular flexibility index (Phi) is 3.59. The van der Waals surface area contributed by atoms with Crippen LogP contribution in [0.4, 0.5) is 0 Å². The van der Waals surface area contributed by atoms with Crippen LogP contribution in [0.2, 0.25) is 0 Å². The van der Waals surface area contributed by atoms with Gasteiger partial charge in [-0.3, -0.25) is 0 Å². The second-order valence-electron chi connectivity index (χ2n) is 3.58. The third-order valence-electron chi connectivity index (χ3n) is 2.45. The first kappa shape index (κ1) is 11.2. The van der Waals surface area contributed by atoms with Crippen molar-refractivity contribution in [1.29, 1.82) is 0 Å². The second kappa shape index (κ2) is 5.14. The van der Waals surface area contributed by atoms with Crippen LogP contribution in [0.25, 0.3) is 0 Å². The van der Waals surface area contributed by atoms with Gasteiger partial charge in [-0.15, -0.1) is 11.3 Å². The third-order valence-corrected chi connectivity index (χ3v) is 3.35. The van der Waals surface area contributed by atoms with Gasteiger partial charge >= 0.3 is 0 Å². The molecule has 0 amide bonds. The van der Waals surface area contributed by atoms with E-state index >= 15 is 0 Å². The van der Waals surface area contributed by atoms with Crippen LogP contribution in [0.1, 0.15) is 16.5 Å². The fraction of sp³-hybridized carbons (Fsp3) is 0.231. The summed E-state index contributed by atoms with van der Waals surface area (Å²) in [7, 11) is 1.63. The summed E-state index contributed by atoms with van der Waals surface area (Å²) in [6.45, 7) is 0. The smallest absolute Gasteiger partial charge is 0.119 e. The van der Waals surface area contributed by atoms with Gasteiger partial charge in [0.25, 0.3) is 0 Å². The maximum absolute atomic E-state index is 10.1. The van der Waals surface area contributed by atoms with Crippen LogP contribution in [0, 0.1) is 0 Å². The van der Waals surface area contributed by atoms with Crippen molar-refractivity contribution in [1.82, 2.24) is 0 Å². The van der Waals surface area contributed by atoms with Crippen LogP contribution >= 0.6 is 11.3 Å². The lowest BCUT2D eigenvalue weighted by Crippen LogP contribution is -2.00. The minimum absolute atomic E-state index is 0.464. The van der Waals surface area contributed by atoms with Gasteiger partial charge in [-0.2, -0.15) is 0 Å². The average molecular weight is 234 g/mol. The topological polar surface area (TPSA) is 29.5 Å². The zero-order chi connectivity index (χ0) is 11.4. The molecular weight excluding hydrogens is 220 g/mol. The number of rotatable bonds is 4. The Morgan fingerprint density at radius 3 is 2.88 bits per heavy atom. The predicted molar refractivity (Wildman–Crippen MR) is 66.0 cm³/mol. The van der Waals surface area contributed by atoms with Crippen molar-refractivity contribution in [2.24, 2.45) is 0 Å². The summed E-state index contributed by atoms with van der Waals surface area (Å²) in [5, 5.41) is 12.1. The highest BCUT2D eigenvalue weighted by Gasteiger charge is 2.09. The Morgan fingerprint density at radius 1 is 1.31 bits per heavy atom. The number of hydrogen-bond donors (Lipinski definition) is 1. The zero-order valence-corrected chi connectivity index (χ0v) is 9.91. The number of aliphatic hydroxyl groups is 1. The molecule has 2 nitrogen and oxygen atoms in total. The highest BCUT2D eigenvalue weighted by Crippen LogP contribution is 2.23. The molecule has 0 saturated carbocycles. The normalized spacial score (nSPS) is 12.4. The van der Waals surface area contributed by atoms with Gasteiger partial charge in [-0.05, 0) is 29.1 Å². The van der Waals surface area contributed by atoms with Crippen LogP contribution in [-0.4, -0.2) is 12.2 Å². The standard InChI is InChI=1S/C13H14O2S/c1-15-11-5-2-4-10(8-11)13(14)9-12-6-3-7-16-12/h2-8,13-14H,9H2,1H3. The van der Waals surface area contributed by atoms with Gasteiger partial charge in [0.05, 0.1) is 13.2 Å². The lowest BCUT2D eigenvalue weighted by Gasteiger charge is -2.10. The van der Waals surface area contributed by atoms with E-state index in [0.717, 1.165) is 11.3 Å². The van der Waals surface area contributed by atoms with E-state index in [-0.39, 0.29) is 0 Å². The van der Waals surface area contributed by atoms with Crippen molar-refractivity contribution in [3.63, 3.8) is 0 Å². The number of hydrogen-bond acceptors (Lipinski definition) is 3. The van der Waals surface area contributed by atoms with Gasteiger partial charge in [-0.25, -0.2) is 0 Å². The fourth-order valence-electron chi connectivity index (χ4n) is 1.59. The van der Waals surface area contributed by atoms with E-state index in [1.807, 2.05) is 41.8 Å². The van der Waals surface area contributed by atoms with Crippen LogP contribution < -0.4 is 4.74 Å². The lowest BCUT2D eigenvalue weighted by molar-refractivity contribution is 0.179. The Labute approximate surface area is 99.1 Å². The molecule has 1 aromatic heterocycles. The number of aliphatic hydroxyl groups excluding tert-OH is 1. The van der Waals surface area contributed by atoms with Gasteiger partial charge in [-0.1, -0.05) is 18.2 Å². The maximum Gasteiger partial charge on any atom is 0.119 e. The van der Waals surface area contributed by atoms with E-state index in [9.17, 15) is 5.11 Å². The molecule has 0 aliphatic heterocycles. The molecule has 0 bridgehead atoms. The van der Waals surface area contributed by atoms with Crippen LogP contribution in [0.15, 0.2) is 41.8 Å². The Bertz CT molecular complexity index is 437. The molecule has 2 aromatic rings. The molecule has 1 heterocycles. The van der Waals surface area contributed by atoms with Gasteiger partial charge in [0.2, 0.25) is 0 Å². The molecule has 1 N–H and O–H groups in total. The maximum atomic E-state index is 10.1. The van der Waals surface area contributed by atoms with E-state index in [2.05, 4.69) is 0 Å². The van der Waals surface area contributed by atoms with Crippen molar-refractivity contribution in [3.8, 4) is 5.75 Å². The number of methoxy groups -OCH3 is 1. The number of ether oxygens (including phenoxy) is 1. The first-order valence-electron chi connectivity index (χ1n) is 5.14. The zero-order valence-electron chi connectivity index (χ0n) is 9.09. The minimum atomic E-state index is -0.464. The molecule has 84 valence electrons. The molecule has 0 radical (unpaired) electrons. The van der Waals surface area contributed by atoms with E-state index < -0.39 is 6.10 Å². The third kappa shape index (κ3) is 2.62. The summed E-state index contributed by atoms with van der Waals surface area (Å²) in [4.78, 5) is 1.19. The molecule has 0 aliphatic rings. The minimum Gasteiger partial charge on any atom is -0.497 e. The van der Waals surface area contributed by atoms with Crippen molar-refractivity contribution in [2.45, 2.75) is 12.5 Å². The summed E-state index contributed by atoms with van der Waals surface area (Å²) in [5.74, 6) is 0.780. The first-order chi connectivity index (χ1) is 7.79. The van der Waals surface area contributed by atoms with Crippen LogP contribution in [0.3, 0.4) is 0 Å². The van der Waals surface area contributed by atoms with Crippen molar-refractivity contribution >= 4 is 11.3 Å². The summed E-state index contributed by atoms with van der Waals surface area (Å²) < 4.78 is 5.13. The molecule has 0 aliphatic carbocycles. The first-order valence-corrected chi connectivity index (χ1v) is 6.02. The second-order valence-corrected chi connectivity index (χ2v) is 4.61. The van der Waals surface area contributed by atoms with Gasteiger partial charge in [0.15, 0.2) is 0 Å². The number of benzene rings is 1. The van der Waals surface area contributed by atoms with Crippen LogP contribution in [-0.2, 0) is 6.42 Å². The van der Waals surface area contributed by atoms with E-state index in [1.54, 1.807) is 18.4 Å². The van der Waals surface area contributed by atoms with E-state index in [4.69, 9.17) is 4.74 Å². The summed E-state index contributed by atoms with van der Waals surface area (Å²) in [5.41, 5.74) is 0.896. The van der Waals surface area contributed by atoms with Gasteiger partial charge in [0.1, 0.15) is 5.75 Å².